The third-order valence-corrected chi connectivity index (χ3v) is 4.62. The first-order valence-corrected chi connectivity index (χ1v) is 7.27. The highest BCUT2D eigenvalue weighted by atomic mass is 32.2. The van der Waals surface area contributed by atoms with Gasteiger partial charge in [-0.3, -0.25) is 0 Å². The molecule has 0 bridgehead atoms. The number of rotatable bonds is 5. The molecule has 1 heterocycles. The largest absolute Gasteiger partial charge is 0.464 e. The molecule has 102 valence electrons. The molecule has 0 aliphatic heterocycles. The number of nitrogens with one attached hydrogen (secondary N) is 1. The van der Waals surface area contributed by atoms with Gasteiger partial charge >= 0.3 is 5.97 Å². The second kappa shape index (κ2) is 5.31. The number of hydrogen-bond donors (Lipinski definition) is 2. The fourth-order valence-electron chi connectivity index (χ4n) is 0.996. The van der Waals surface area contributed by atoms with E-state index in [9.17, 15) is 18.3 Å². The summed E-state index contributed by atoms with van der Waals surface area (Å²) in [5.41, 5.74) is -0.209. The Morgan fingerprint density at radius 1 is 1.61 bits per heavy atom. The number of esters is 1. The van der Waals surface area contributed by atoms with Crippen LogP contribution in [0.25, 0.3) is 0 Å². The van der Waals surface area contributed by atoms with Gasteiger partial charge in [-0.1, -0.05) is 0 Å². The van der Waals surface area contributed by atoms with Crippen LogP contribution in [0.4, 0.5) is 0 Å². The van der Waals surface area contributed by atoms with Gasteiger partial charge < -0.3 is 9.84 Å². The summed E-state index contributed by atoms with van der Waals surface area (Å²) in [4.78, 5) is 15.0. The van der Waals surface area contributed by atoms with Crippen LogP contribution in [0.2, 0.25) is 0 Å². The van der Waals surface area contributed by atoms with Crippen LogP contribution >= 0.6 is 11.3 Å². The minimum absolute atomic E-state index is 0.173. The second-order valence-corrected chi connectivity index (χ2v) is 6.93. The zero-order valence-corrected chi connectivity index (χ0v) is 11.8. The first kappa shape index (κ1) is 15.0. The van der Waals surface area contributed by atoms with Gasteiger partial charge in [0.2, 0.25) is 0 Å². The molecular formula is C9H14N2O5S2. The minimum Gasteiger partial charge on any atom is -0.464 e. The van der Waals surface area contributed by atoms with Crippen molar-refractivity contribution in [3.05, 3.63) is 11.2 Å². The number of hydrogen-bond acceptors (Lipinski definition) is 7. The maximum absolute atomic E-state index is 11.9. The van der Waals surface area contributed by atoms with Crippen LogP contribution in [0.1, 0.15) is 24.3 Å². The average Bonchev–Trinajstić information content (AvgIpc) is 2.74. The molecule has 1 aromatic rings. The average molecular weight is 294 g/mol. The number of aromatic nitrogens is 1. The molecule has 7 nitrogen and oxygen atoms in total. The van der Waals surface area contributed by atoms with E-state index >= 15 is 0 Å². The number of methoxy groups -OCH3 is 1. The highest BCUT2D eigenvalue weighted by Gasteiger charge is 2.27. The SMILES string of the molecule is COC(=O)c1ncsc1S(=O)(=O)NCC(C)(C)O. The molecule has 0 fully saturated rings. The van der Waals surface area contributed by atoms with Crippen molar-refractivity contribution in [1.29, 1.82) is 0 Å². The molecule has 0 atom stereocenters. The lowest BCUT2D eigenvalue weighted by Crippen LogP contribution is -2.38. The van der Waals surface area contributed by atoms with Crippen LogP contribution in [0, 0.1) is 0 Å². The fraction of sp³-hybridized carbons (Fsp3) is 0.556. The monoisotopic (exact) mass is 294 g/mol. The second-order valence-electron chi connectivity index (χ2n) is 4.12. The smallest absolute Gasteiger partial charge is 0.358 e. The van der Waals surface area contributed by atoms with Gasteiger partial charge in [-0.25, -0.2) is 22.9 Å². The number of carbonyl (C=O) groups excluding carboxylic acids is 1. The molecule has 1 aromatic heterocycles. The van der Waals surface area contributed by atoms with Crippen molar-refractivity contribution >= 4 is 27.3 Å². The van der Waals surface area contributed by atoms with Crippen LogP contribution < -0.4 is 4.72 Å². The maximum Gasteiger partial charge on any atom is 0.358 e. The van der Waals surface area contributed by atoms with Gasteiger partial charge in [0.05, 0.1) is 18.2 Å². The molecule has 0 saturated carbocycles. The summed E-state index contributed by atoms with van der Waals surface area (Å²) in [7, 11) is -2.75. The Labute approximate surface area is 109 Å². The van der Waals surface area contributed by atoms with E-state index in [0.29, 0.717) is 0 Å². The Balaban J connectivity index is 2.99. The van der Waals surface area contributed by atoms with E-state index in [4.69, 9.17) is 0 Å². The van der Waals surface area contributed by atoms with Crippen molar-refractivity contribution in [2.45, 2.75) is 23.7 Å². The van der Waals surface area contributed by atoms with Gasteiger partial charge in [0.15, 0.2) is 9.90 Å². The molecule has 9 heteroatoms. The molecule has 0 unspecified atom stereocenters. The lowest BCUT2D eigenvalue weighted by atomic mass is 10.1. The van der Waals surface area contributed by atoms with E-state index in [1.165, 1.54) is 19.4 Å². The zero-order chi connectivity index (χ0) is 14.0. The highest BCUT2D eigenvalue weighted by Crippen LogP contribution is 2.20. The summed E-state index contributed by atoms with van der Waals surface area (Å²) in [5.74, 6) is -0.820. The lowest BCUT2D eigenvalue weighted by Gasteiger charge is -2.17. The number of nitrogens with zero attached hydrogens (tertiary/aromatic N) is 1. The molecular weight excluding hydrogens is 280 g/mol. The molecule has 0 amide bonds. The molecule has 0 aromatic carbocycles. The van der Waals surface area contributed by atoms with Crippen molar-refractivity contribution < 1.29 is 23.1 Å². The zero-order valence-electron chi connectivity index (χ0n) is 10.1. The van der Waals surface area contributed by atoms with Gasteiger partial charge in [0, 0.05) is 6.54 Å². The standard InChI is InChI=1S/C9H14N2O5S2/c1-9(2,13)4-11-18(14,15)8-6(7(12)16-3)10-5-17-8/h5,11,13H,4H2,1-3H3. The summed E-state index contributed by atoms with van der Waals surface area (Å²) in [6.07, 6.45) is 0. The molecule has 0 aliphatic rings. The minimum atomic E-state index is -3.89. The molecule has 0 spiro atoms. The summed E-state index contributed by atoms with van der Waals surface area (Å²) < 4.78 is 30.3. The van der Waals surface area contributed by atoms with Crippen molar-refractivity contribution in [3.8, 4) is 0 Å². The number of sulfonamides is 1. The quantitative estimate of drug-likeness (QED) is 0.739. The van der Waals surface area contributed by atoms with E-state index < -0.39 is 21.6 Å². The van der Waals surface area contributed by atoms with E-state index in [2.05, 4.69) is 14.4 Å². The van der Waals surface area contributed by atoms with E-state index in [1.807, 2.05) is 0 Å². The first-order chi connectivity index (χ1) is 8.17. The Morgan fingerprint density at radius 2 is 2.22 bits per heavy atom. The first-order valence-electron chi connectivity index (χ1n) is 4.91. The van der Waals surface area contributed by atoms with Crippen molar-refractivity contribution in [2.24, 2.45) is 0 Å². The van der Waals surface area contributed by atoms with Crippen LogP contribution in [-0.4, -0.2) is 43.7 Å². The molecule has 0 radical (unpaired) electrons. The maximum atomic E-state index is 11.9. The van der Waals surface area contributed by atoms with Crippen molar-refractivity contribution in [2.75, 3.05) is 13.7 Å². The van der Waals surface area contributed by atoms with Crippen LogP contribution in [-0.2, 0) is 14.8 Å². The van der Waals surface area contributed by atoms with Crippen LogP contribution in [0.5, 0.6) is 0 Å². The summed E-state index contributed by atoms with van der Waals surface area (Å²) in [6, 6.07) is 0. The third kappa shape index (κ3) is 3.73. The number of carbonyl (C=O) groups is 1. The lowest BCUT2D eigenvalue weighted by molar-refractivity contribution is 0.0590. The summed E-state index contributed by atoms with van der Waals surface area (Å²) in [5, 5.41) is 9.47. The normalized spacial score (nSPS) is 12.4. The highest BCUT2D eigenvalue weighted by molar-refractivity contribution is 7.91. The molecule has 18 heavy (non-hydrogen) atoms. The Bertz CT molecular complexity index is 529. The van der Waals surface area contributed by atoms with E-state index in [-0.39, 0.29) is 16.4 Å². The van der Waals surface area contributed by atoms with E-state index in [1.54, 1.807) is 0 Å². The van der Waals surface area contributed by atoms with Gasteiger partial charge in [-0.2, -0.15) is 0 Å². The van der Waals surface area contributed by atoms with Gasteiger partial charge in [0.25, 0.3) is 10.0 Å². The van der Waals surface area contributed by atoms with Crippen molar-refractivity contribution in [1.82, 2.24) is 9.71 Å². The third-order valence-electron chi connectivity index (χ3n) is 1.85. The van der Waals surface area contributed by atoms with E-state index in [0.717, 1.165) is 18.4 Å². The summed E-state index contributed by atoms with van der Waals surface area (Å²) in [6.45, 7) is 2.75. The van der Waals surface area contributed by atoms with Gasteiger partial charge in [-0.05, 0) is 13.8 Å². The van der Waals surface area contributed by atoms with Crippen molar-refractivity contribution in [3.63, 3.8) is 0 Å². The molecule has 1 rings (SSSR count). The van der Waals surface area contributed by atoms with Gasteiger partial charge in [-0.15, -0.1) is 11.3 Å². The van der Waals surface area contributed by atoms with Gasteiger partial charge in [0.1, 0.15) is 0 Å². The topological polar surface area (TPSA) is 106 Å². The predicted molar refractivity (Wildman–Crippen MR) is 64.9 cm³/mol. The van der Waals surface area contributed by atoms with Crippen LogP contribution in [0.15, 0.2) is 9.72 Å². The number of aliphatic hydroxyl groups is 1. The fourth-order valence-corrected chi connectivity index (χ4v) is 3.37. The Hall–Kier alpha value is -1.03. The predicted octanol–water partition coefficient (Wildman–Crippen LogP) is -0.0211. The molecule has 2 N–H and O–H groups in total. The Morgan fingerprint density at radius 3 is 2.72 bits per heavy atom. The molecule has 0 aliphatic carbocycles. The number of ether oxygens (including phenoxy) is 1. The molecule has 0 saturated heterocycles. The summed E-state index contributed by atoms with van der Waals surface area (Å²) >= 11 is 0.807. The Kier molecular flexibility index (Phi) is 4.43. The number of thiazole rings is 1. The van der Waals surface area contributed by atoms with Crippen LogP contribution in [0.3, 0.4) is 0 Å².